The van der Waals surface area contributed by atoms with Crippen LogP contribution in [-0.4, -0.2) is 48.1 Å². The van der Waals surface area contributed by atoms with E-state index in [2.05, 4.69) is 15.2 Å². The zero-order valence-corrected chi connectivity index (χ0v) is 12.5. The summed E-state index contributed by atoms with van der Waals surface area (Å²) < 4.78 is 19.3. The Hall–Kier alpha value is -1.57. The number of morpholine rings is 1. The predicted octanol–water partition coefficient (Wildman–Crippen LogP) is 2.09. The van der Waals surface area contributed by atoms with Gasteiger partial charge in [0.15, 0.2) is 5.13 Å². The topological polar surface area (TPSA) is 54.5 Å². The number of carbonyl (C=O) groups is 1. The number of benzene rings is 1. The fourth-order valence-corrected chi connectivity index (χ4v) is 3.25. The molecule has 1 saturated heterocycles. The zero-order valence-electron chi connectivity index (χ0n) is 11.6. The maximum Gasteiger partial charge on any atom is 0.240 e. The van der Waals surface area contributed by atoms with Crippen LogP contribution in [0.25, 0.3) is 10.2 Å². The third-order valence-electron chi connectivity index (χ3n) is 3.29. The Bertz CT molecular complexity index is 661. The highest BCUT2D eigenvalue weighted by atomic mass is 32.1. The number of ether oxygens (including phenoxy) is 1. The van der Waals surface area contributed by atoms with Crippen molar-refractivity contribution in [3.05, 3.63) is 24.0 Å². The third kappa shape index (κ3) is 3.55. The first kappa shape index (κ1) is 14.4. The molecular weight excluding hydrogens is 293 g/mol. The molecule has 1 aromatic heterocycles. The van der Waals surface area contributed by atoms with Crippen molar-refractivity contribution in [1.29, 1.82) is 0 Å². The van der Waals surface area contributed by atoms with Crippen LogP contribution < -0.4 is 5.32 Å². The maximum absolute atomic E-state index is 13.1. The molecule has 1 atom stereocenters. The molecule has 112 valence electrons. The summed E-state index contributed by atoms with van der Waals surface area (Å²) in [7, 11) is 0. The summed E-state index contributed by atoms with van der Waals surface area (Å²) in [5, 5.41) is 3.28. The first-order valence-corrected chi connectivity index (χ1v) is 7.62. The number of anilines is 1. The van der Waals surface area contributed by atoms with Crippen LogP contribution in [0.5, 0.6) is 0 Å². The number of fused-ring (bicyclic) bond motifs is 1. The van der Waals surface area contributed by atoms with Gasteiger partial charge in [0.25, 0.3) is 0 Å². The summed E-state index contributed by atoms with van der Waals surface area (Å²) in [6.45, 7) is 4.46. The smallest absolute Gasteiger partial charge is 0.240 e. The molecule has 3 rings (SSSR count). The van der Waals surface area contributed by atoms with E-state index in [9.17, 15) is 9.18 Å². The van der Waals surface area contributed by atoms with Crippen LogP contribution in [0.15, 0.2) is 18.2 Å². The molecule has 1 aliphatic heterocycles. The molecule has 0 saturated carbocycles. The molecule has 0 aliphatic carbocycles. The first-order valence-electron chi connectivity index (χ1n) is 6.80. The number of amides is 1. The van der Waals surface area contributed by atoms with E-state index < -0.39 is 0 Å². The Labute approximate surface area is 125 Å². The van der Waals surface area contributed by atoms with E-state index in [1.807, 2.05) is 6.92 Å². The SMILES string of the molecule is CC1CN(CC(=O)Nc2nc3ccc(F)cc3s2)CCO1. The van der Waals surface area contributed by atoms with Crippen LogP contribution in [0.2, 0.25) is 0 Å². The lowest BCUT2D eigenvalue weighted by Crippen LogP contribution is -2.44. The van der Waals surface area contributed by atoms with Gasteiger partial charge in [-0.2, -0.15) is 0 Å². The van der Waals surface area contributed by atoms with E-state index in [4.69, 9.17) is 4.74 Å². The van der Waals surface area contributed by atoms with E-state index in [1.165, 1.54) is 23.5 Å². The van der Waals surface area contributed by atoms with Crippen molar-refractivity contribution in [2.24, 2.45) is 0 Å². The Kier molecular flexibility index (Phi) is 4.14. The second kappa shape index (κ2) is 6.05. The van der Waals surface area contributed by atoms with E-state index in [0.29, 0.717) is 23.8 Å². The van der Waals surface area contributed by atoms with Crippen molar-refractivity contribution in [1.82, 2.24) is 9.88 Å². The van der Waals surface area contributed by atoms with Crippen molar-refractivity contribution in [3.8, 4) is 0 Å². The van der Waals surface area contributed by atoms with Gasteiger partial charge in [-0.25, -0.2) is 9.37 Å². The summed E-state index contributed by atoms with van der Waals surface area (Å²) in [6, 6.07) is 4.40. The van der Waals surface area contributed by atoms with Crippen molar-refractivity contribution < 1.29 is 13.9 Å². The highest BCUT2D eigenvalue weighted by Gasteiger charge is 2.19. The molecule has 0 spiro atoms. The molecule has 0 bridgehead atoms. The molecule has 0 radical (unpaired) electrons. The molecule has 1 fully saturated rings. The monoisotopic (exact) mass is 309 g/mol. The van der Waals surface area contributed by atoms with Gasteiger partial charge in [-0.3, -0.25) is 9.69 Å². The number of nitrogens with one attached hydrogen (secondary N) is 1. The third-order valence-corrected chi connectivity index (χ3v) is 4.22. The lowest BCUT2D eigenvalue weighted by molar-refractivity contribution is -0.119. The van der Waals surface area contributed by atoms with Crippen LogP contribution in [0.1, 0.15) is 6.92 Å². The molecule has 1 unspecified atom stereocenters. The lowest BCUT2D eigenvalue weighted by Gasteiger charge is -2.30. The number of halogens is 1. The van der Waals surface area contributed by atoms with Crippen LogP contribution >= 0.6 is 11.3 Å². The van der Waals surface area contributed by atoms with Crippen molar-refractivity contribution in [2.75, 3.05) is 31.6 Å². The fraction of sp³-hybridized carbons (Fsp3) is 0.429. The van der Waals surface area contributed by atoms with Gasteiger partial charge in [0, 0.05) is 13.1 Å². The lowest BCUT2D eigenvalue weighted by atomic mass is 10.3. The highest BCUT2D eigenvalue weighted by molar-refractivity contribution is 7.22. The highest BCUT2D eigenvalue weighted by Crippen LogP contribution is 2.26. The molecular formula is C14H16FN3O2S. The van der Waals surface area contributed by atoms with Crippen LogP contribution in [0.3, 0.4) is 0 Å². The van der Waals surface area contributed by atoms with Gasteiger partial charge in [0.1, 0.15) is 5.82 Å². The minimum Gasteiger partial charge on any atom is -0.376 e. The molecule has 7 heteroatoms. The molecule has 1 aromatic carbocycles. The minimum absolute atomic E-state index is 0.108. The number of carbonyl (C=O) groups excluding carboxylic acids is 1. The molecule has 2 heterocycles. The Morgan fingerprint density at radius 3 is 3.29 bits per heavy atom. The molecule has 1 aliphatic rings. The van der Waals surface area contributed by atoms with Gasteiger partial charge in [-0.15, -0.1) is 0 Å². The number of hydrogen-bond acceptors (Lipinski definition) is 5. The van der Waals surface area contributed by atoms with Crippen LogP contribution in [0, 0.1) is 5.82 Å². The number of rotatable bonds is 3. The van der Waals surface area contributed by atoms with Crippen molar-refractivity contribution in [3.63, 3.8) is 0 Å². The average molecular weight is 309 g/mol. The molecule has 21 heavy (non-hydrogen) atoms. The normalized spacial score (nSPS) is 19.8. The number of aromatic nitrogens is 1. The van der Waals surface area contributed by atoms with E-state index in [1.54, 1.807) is 6.07 Å². The van der Waals surface area contributed by atoms with Gasteiger partial charge in [-0.1, -0.05) is 11.3 Å². The molecule has 1 amide bonds. The first-order chi connectivity index (χ1) is 10.1. The summed E-state index contributed by atoms with van der Waals surface area (Å²) in [5.74, 6) is -0.407. The van der Waals surface area contributed by atoms with Gasteiger partial charge < -0.3 is 10.1 Å². The van der Waals surface area contributed by atoms with Crippen molar-refractivity contribution >= 4 is 32.6 Å². The zero-order chi connectivity index (χ0) is 14.8. The van der Waals surface area contributed by atoms with Crippen molar-refractivity contribution in [2.45, 2.75) is 13.0 Å². The predicted molar refractivity (Wildman–Crippen MR) is 80.1 cm³/mol. The summed E-state index contributed by atoms with van der Waals surface area (Å²) in [4.78, 5) is 18.4. The average Bonchev–Trinajstić information content (AvgIpc) is 2.79. The van der Waals surface area contributed by atoms with Crippen LogP contribution in [0.4, 0.5) is 9.52 Å². The second-order valence-electron chi connectivity index (χ2n) is 5.10. The van der Waals surface area contributed by atoms with Crippen LogP contribution in [-0.2, 0) is 9.53 Å². The number of thiazole rings is 1. The molecule has 2 aromatic rings. The summed E-state index contributed by atoms with van der Waals surface area (Å²) in [6.07, 6.45) is 0.150. The summed E-state index contributed by atoms with van der Waals surface area (Å²) in [5.41, 5.74) is 0.691. The Morgan fingerprint density at radius 1 is 1.62 bits per heavy atom. The van der Waals surface area contributed by atoms with E-state index in [0.717, 1.165) is 17.8 Å². The summed E-state index contributed by atoms with van der Waals surface area (Å²) >= 11 is 1.28. The van der Waals surface area contributed by atoms with Gasteiger partial charge in [0.05, 0.1) is 29.5 Å². The number of hydrogen-bond donors (Lipinski definition) is 1. The minimum atomic E-state index is -0.300. The Morgan fingerprint density at radius 2 is 2.48 bits per heavy atom. The van der Waals surface area contributed by atoms with E-state index in [-0.39, 0.29) is 17.8 Å². The molecule has 5 nitrogen and oxygen atoms in total. The Balaban J connectivity index is 1.63. The molecule has 1 N–H and O–H groups in total. The largest absolute Gasteiger partial charge is 0.376 e. The maximum atomic E-state index is 13.1. The number of nitrogens with zero attached hydrogens (tertiary/aromatic N) is 2. The second-order valence-corrected chi connectivity index (χ2v) is 6.13. The fourth-order valence-electron chi connectivity index (χ4n) is 2.35. The van der Waals surface area contributed by atoms with Gasteiger partial charge in [-0.05, 0) is 25.1 Å². The van der Waals surface area contributed by atoms with E-state index >= 15 is 0 Å². The standard InChI is InChI=1S/C14H16FN3O2S/c1-9-7-18(4-5-20-9)8-13(19)17-14-16-11-3-2-10(15)6-12(11)21-14/h2-3,6,9H,4-5,7-8H2,1H3,(H,16,17,19). The van der Waals surface area contributed by atoms with Gasteiger partial charge >= 0.3 is 0 Å². The quantitative estimate of drug-likeness (QED) is 0.943. The van der Waals surface area contributed by atoms with Gasteiger partial charge in [0.2, 0.25) is 5.91 Å².